The maximum absolute atomic E-state index is 5.58. The lowest BCUT2D eigenvalue weighted by Crippen LogP contribution is -2.45. The van der Waals surface area contributed by atoms with Gasteiger partial charge in [0.15, 0.2) is 0 Å². The van der Waals surface area contributed by atoms with E-state index in [0.717, 1.165) is 13.2 Å². The normalized spacial score (nSPS) is 38.8. The molecule has 2 saturated heterocycles. The highest BCUT2D eigenvalue weighted by molar-refractivity contribution is 4.87. The lowest BCUT2D eigenvalue weighted by molar-refractivity contribution is -0.0438. The third-order valence-electron chi connectivity index (χ3n) is 3.26. The molecule has 2 aliphatic rings. The molecule has 2 rings (SSSR count). The molecule has 0 aromatic heterocycles. The van der Waals surface area contributed by atoms with E-state index in [2.05, 4.69) is 11.9 Å². The first-order chi connectivity index (χ1) is 5.81. The van der Waals surface area contributed by atoms with Gasteiger partial charge in [0.25, 0.3) is 0 Å². The summed E-state index contributed by atoms with van der Waals surface area (Å²) in [6.45, 7) is 4.54. The summed E-state index contributed by atoms with van der Waals surface area (Å²) in [5.74, 6) is 0. The van der Waals surface area contributed by atoms with Gasteiger partial charge in [0.1, 0.15) is 0 Å². The van der Waals surface area contributed by atoms with Crippen molar-refractivity contribution in [3.05, 3.63) is 0 Å². The summed E-state index contributed by atoms with van der Waals surface area (Å²) < 4.78 is 5.58. The van der Waals surface area contributed by atoms with E-state index in [1.54, 1.807) is 0 Å². The highest BCUT2D eigenvalue weighted by Crippen LogP contribution is 2.36. The summed E-state index contributed by atoms with van der Waals surface area (Å²) in [6, 6.07) is 0. The molecule has 0 N–H and O–H groups in total. The number of rotatable bonds is 0. The SMILES string of the molecule is CN1CCC[C@@]2(CCCOC2)C1. The molecule has 0 aromatic rings. The summed E-state index contributed by atoms with van der Waals surface area (Å²) in [4.78, 5) is 2.46. The Morgan fingerprint density at radius 2 is 2.08 bits per heavy atom. The molecule has 2 fully saturated rings. The van der Waals surface area contributed by atoms with E-state index in [-0.39, 0.29) is 0 Å². The fraction of sp³-hybridized carbons (Fsp3) is 1.00. The minimum atomic E-state index is 0.533. The molecule has 1 atom stereocenters. The molecule has 2 nitrogen and oxygen atoms in total. The van der Waals surface area contributed by atoms with Crippen LogP contribution in [0.1, 0.15) is 25.7 Å². The van der Waals surface area contributed by atoms with Crippen molar-refractivity contribution in [3.8, 4) is 0 Å². The average molecular weight is 169 g/mol. The van der Waals surface area contributed by atoms with Crippen LogP contribution in [0.25, 0.3) is 0 Å². The summed E-state index contributed by atoms with van der Waals surface area (Å²) in [5.41, 5.74) is 0.533. The van der Waals surface area contributed by atoms with Gasteiger partial charge in [-0.15, -0.1) is 0 Å². The first-order valence-electron chi connectivity index (χ1n) is 5.07. The van der Waals surface area contributed by atoms with Crippen molar-refractivity contribution in [2.75, 3.05) is 33.4 Å². The Hall–Kier alpha value is -0.0800. The zero-order valence-electron chi connectivity index (χ0n) is 8.01. The second-order valence-corrected chi connectivity index (χ2v) is 4.50. The molecular weight excluding hydrogens is 150 g/mol. The van der Waals surface area contributed by atoms with E-state index in [9.17, 15) is 0 Å². The van der Waals surface area contributed by atoms with Crippen LogP contribution in [0.3, 0.4) is 0 Å². The van der Waals surface area contributed by atoms with Gasteiger partial charge < -0.3 is 9.64 Å². The number of nitrogens with zero attached hydrogens (tertiary/aromatic N) is 1. The van der Waals surface area contributed by atoms with Crippen molar-refractivity contribution in [2.45, 2.75) is 25.7 Å². The van der Waals surface area contributed by atoms with Crippen molar-refractivity contribution >= 4 is 0 Å². The van der Waals surface area contributed by atoms with Crippen LogP contribution in [0.5, 0.6) is 0 Å². The van der Waals surface area contributed by atoms with Gasteiger partial charge >= 0.3 is 0 Å². The third kappa shape index (κ3) is 1.64. The molecule has 2 aliphatic heterocycles. The van der Waals surface area contributed by atoms with Gasteiger partial charge in [0.2, 0.25) is 0 Å². The molecule has 1 spiro atoms. The topological polar surface area (TPSA) is 12.5 Å². The van der Waals surface area contributed by atoms with E-state index in [1.165, 1.54) is 38.8 Å². The molecule has 0 amide bonds. The molecular formula is C10H19NO. The molecule has 0 radical (unpaired) electrons. The van der Waals surface area contributed by atoms with Crippen molar-refractivity contribution in [2.24, 2.45) is 5.41 Å². The number of piperidine rings is 1. The van der Waals surface area contributed by atoms with Gasteiger partial charge in [-0.1, -0.05) is 0 Å². The Morgan fingerprint density at radius 1 is 1.25 bits per heavy atom. The van der Waals surface area contributed by atoms with Crippen LogP contribution in [0.2, 0.25) is 0 Å². The summed E-state index contributed by atoms with van der Waals surface area (Å²) in [6.07, 6.45) is 5.41. The Labute approximate surface area is 74.9 Å². The van der Waals surface area contributed by atoms with Gasteiger partial charge in [-0.05, 0) is 39.3 Å². The summed E-state index contributed by atoms with van der Waals surface area (Å²) in [7, 11) is 2.23. The van der Waals surface area contributed by atoms with Crippen molar-refractivity contribution < 1.29 is 4.74 Å². The van der Waals surface area contributed by atoms with Crippen LogP contribution < -0.4 is 0 Å². The first kappa shape index (κ1) is 8.52. The zero-order valence-corrected chi connectivity index (χ0v) is 8.01. The monoisotopic (exact) mass is 169 g/mol. The number of likely N-dealkylation sites (tertiary alicyclic amines) is 1. The standard InChI is InChI=1S/C10H19NO/c1-11-6-2-4-10(8-11)5-3-7-12-9-10/h2-9H2,1H3/t10-/m1/s1. The number of ether oxygens (including phenoxy) is 1. The van der Waals surface area contributed by atoms with E-state index in [0.29, 0.717) is 5.41 Å². The van der Waals surface area contributed by atoms with Crippen LogP contribution in [0.4, 0.5) is 0 Å². The molecule has 70 valence electrons. The van der Waals surface area contributed by atoms with E-state index >= 15 is 0 Å². The second kappa shape index (κ2) is 3.35. The van der Waals surface area contributed by atoms with Crippen molar-refractivity contribution in [3.63, 3.8) is 0 Å². The molecule has 12 heavy (non-hydrogen) atoms. The zero-order chi connectivity index (χ0) is 8.44. The van der Waals surface area contributed by atoms with Crippen molar-refractivity contribution in [1.29, 1.82) is 0 Å². The Morgan fingerprint density at radius 3 is 2.75 bits per heavy atom. The predicted molar refractivity (Wildman–Crippen MR) is 49.2 cm³/mol. The highest BCUT2D eigenvalue weighted by Gasteiger charge is 2.35. The Balaban J connectivity index is 1.97. The Bertz CT molecular complexity index is 146. The van der Waals surface area contributed by atoms with E-state index < -0.39 is 0 Å². The van der Waals surface area contributed by atoms with Gasteiger partial charge in [0, 0.05) is 18.6 Å². The largest absolute Gasteiger partial charge is 0.381 e. The molecule has 2 heteroatoms. The lowest BCUT2D eigenvalue weighted by Gasteiger charge is -2.43. The number of hydrogen-bond acceptors (Lipinski definition) is 2. The molecule has 2 heterocycles. The van der Waals surface area contributed by atoms with E-state index in [4.69, 9.17) is 4.74 Å². The van der Waals surface area contributed by atoms with Crippen LogP contribution >= 0.6 is 0 Å². The molecule has 0 aromatic carbocycles. The smallest absolute Gasteiger partial charge is 0.0534 e. The molecule has 0 unspecified atom stereocenters. The first-order valence-corrected chi connectivity index (χ1v) is 5.07. The van der Waals surface area contributed by atoms with Crippen LogP contribution in [0, 0.1) is 5.41 Å². The minimum absolute atomic E-state index is 0.533. The molecule has 0 aliphatic carbocycles. The van der Waals surface area contributed by atoms with Gasteiger partial charge in [-0.3, -0.25) is 0 Å². The van der Waals surface area contributed by atoms with Crippen LogP contribution in [-0.2, 0) is 4.74 Å². The average Bonchev–Trinajstić information content (AvgIpc) is 2.05. The highest BCUT2D eigenvalue weighted by atomic mass is 16.5. The summed E-state index contributed by atoms with van der Waals surface area (Å²) >= 11 is 0. The lowest BCUT2D eigenvalue weighted by atomic mass is 9.76. The number of hydrogen-bond donors (Lipinski definition) is 0. The van der Waals surface area contributed by atoms with Crippen LogP contribution in [-0.4, -0.2) is 38.3 Å². The second-order valence-electron chi connectivity index (χ2n) is 4.50. The maximum atomic E-state index is 5.58. The quantitative estimate of drug-likeness (QED) is 0.545. The van der Waals surface area contributed by atoms with Gasteiger partial charge in [0.05, 0.1) is 6.61 Å². The van der Waals surface area contributed by atoms with Crippen molar-refractivity contribution in [1.82, 2.24) is 4.90 Å². The summed E-state index contributed by atoms with van der Waals surface area (Å²) in [5, 5.41) is 0. The fourth-order valence-electron chi connectivity index (χ4n) is 2.69. The van der Waals surface area contributed by atoms with Gasteiger partial charge in [-0.25, -0.2) is 0 Å². The predicted octanol–water partition coefficient (Wildman–Crippen LogP) is 1.51. The fourth-order valence-corrected chi connectivity index (χ4v) is 2.69. The molecule has 0 saturated carbocycles. The van der Waals surface area contributed by atoms with E-state index in [1.807, 2.05) is 0 Å². The van der Waals surface area contributed by atoms with Gasteiger partial charge in [-0.2, -0.15) is 0 Å². The maximum Gasteiger partial charge on any atom is 0.0534 e. The molecule has 0 bridgehead atoms. The minimum Gasteiger partial charge on any atom is -0.381 e. The third-order valence-corrected chi connectivity index (χ3v) is 3.26. The van der Waals surface area contributed by atoms with Crippen LogP contribution in [0.15, 0.2) is 0 Å². The Kier molecular flexibility index (Phi) is 2.37.